The first kappa shape index (κ1) is 11.1. The monoisotopic (exact) mass is 216 g/mol. The van der Waals surface area contributed by atoms with Crippen LogP contribution in [0.4, 0.5) is 0 Å². The van der Waals surface area contributed by atoms with Gasteiger partial charge in [-0.1, -0.05) is 42.8 Å². The number of carbonyl (C=O) groups is 1. The summed E-state index contributed by atoms with van der Waals surface area (Å²) in [6.07, 6.45) is 2.04. The third-order valence-corrected chi connectivity index (χ3v) is 3.60. The van der Waals surface area contributed by atoms with E-state index in [9.17, 15) is 9.90 Å². The predicted molar refractivity (Wildman–Crippen MR) is 63.8 cm³/mol. The van der Waals surface area contributed by atoms with Gasteiger partial charge in [0.2, 0.25) is 0 Å². The summed E-state index contributed by atoms with van der Waals surface area (Å²) in [6, 6.07) is 7.53. The van der Waals surface area contributed by atoms with E-state index < -0.39 is 5.60 Å². The Labute approximate surface area is 95.6 Å². The summed E-state index contributed by atoms with van der Waals surface area (Å²) >= 11 is 0. The number of ketones is 1. The van der Waals surface area contributed by atoms with Gasteiger partial charge in [0.1, 0.15) is 0 Å². The molecule has 0 radical (unpaired) electrons. The lowest BCUT2D eigenvalue weighted by atomic mass is 9.71. The van der Waals surface area contributed by atoms with E-state index in [1.165, 1.54) is 6.92 Å². The van der Waals surface area contributed by atoms with Crippen molar-refractivity contribution in [1.82, 2.24) is 0 Å². The molecule has 2 nitrogen and oxygen atoms in total. The molecule has 0 saturated carbocycles. The smallest absolute Gasteiger partial charge is 0.166 e. The number of benzene rings is 1. The molecule has 2 heteroatoms. The topological polar surface area (TPSA) is 37.3 Å². The third kappa shape index (κ3) is 1.34. The number of fused-ring (bicyclic) bond motifs is 1. The molecule has 0 spiro atoms. The van der Waals surface area contributed by atoms with Crippen LogP contribution in [0.2, 0.25) is 0 Å². The molecular formula is C14H16O2. The zero-order chi connectivity index (χ0) is 11.9. The summed E-state index contributed by atoms with van der Waals surface area (Å²) < 4.78 is 0. The molecule has 0 bridgehead atoms. The van der Waals surface area contributed by atoms with Gasteiger partial charge in [0.15, 0.2) is 11.4 Å². The molecule has 1 aromatic carbocycles. The summed E-state index contributed by atoms with van der Waals surface area (Å²) in [5, 5.41) is 10.6. The molecule has 0 saturated heterocycles. The molecule has 1 aliphatic rings. The Morgan fingerprint density at radius 2 is 2.00 bits per heavy atom. The third-order valence-electron chi connectivity index (χ3n) is 3.60. The minimum Gasteiger partial charge on any atom is -0.377 e. The van der Waals surface area contributed by atoms with Crippen molar-refractivity contribution in [3.8, 4) is 0 Å². The lowest BCUT2D eigenvalue weighted by molar-refractivity contribution is -0.140. The molecule has 1 N–H and O–H groups in total. The molecule has 0 aliphatic heterocycles. The Morgan fingerprint density at radius 3 is 2.62 bits per heavy atom. The van der Waals surface area contributed by atoms with Crippen LogP contribution >= 0.6 is 0 Å². The maximum absolute atomic E-state index is 11.8. The molecule has 2 atom stereocenters. The van der Waals surface area contributed by atoms with Crippen LogP contribution < -0.4 is 0 Å². The fourth-order valence-electron chi connectivity index (χ4n) is 2.40. The van der Waals surface area contributed by atoms with E-state index in [-0.39, 0.29) is 11.7 Å². The first-order chi connectivity index (χ1) is 7.48. The normalized spacial score (nSPS) is 28.2. The molecule has 1 aliphatic carbocycles. The van der Waals surface area contributed by atoms with E-state index in [0.717, 1.165) is 16.7 Å². The van der Waals surface area contributed by atoms with Gasteiger partial charge >= 0.3 is 0 Å². The molecule has 0 fully saturated rings. The first-order valence-electron chi connectivity index (χ1n) is 5.49. The maximum Gasteiger partial charge on any atom is 0.166 e. The summed E-state index contributed by atoms with van der Waals surface area (Å²) in [5.74, 6) is -0.361. The number of carbonyl (C=O) groups excluding carboxylic acids is 1. The van der Waals surface area contributed by atoms with Crippen molar-refractivity contribution in [2.75, 3.05) is 0 Å². The fraction of sp³-hybridized carbons (Fsp3) is 0.357. The molecular weight excluding hydrogens is 200 g/mol. The minimum absolute atomic E-state index is 0.167. The number of hydrogen-bond donors (Lipinski definition) is 1. The van der Waals surface area contributed by atoms with Crippen LogP contribution in [0.1, 0.15) is 31.9 Å². The second kappa shape index (κ2) is 3.56. The maximum atomic E-state index is 11.8. The Kier molecular flexibility index (Phi) is 2.47. The van der Waals surface area contributed by atoms with Crippen LogP contribution in [-0.4, -0.2) is 10.9 Å². The number of hydrogen-bond acceptors (Lipinski definition) is 2. The Morgan fingerprint density at radius 1 is 1.38 bits per heavy atom. The van der Waals surface area contributed by atoms with Crippen LogP contribution in [0.3, 0.4) is 0 Å². The van der Waals surface area contributed by atoms with Gasteiger partial charge in [-0.2, -0.15) is 0 Å². The highest BCUT2D eigenvalue weighted by Gasteiger charge is 2.44. The number of aliphatic hydroxyl groups is 1. The molecule has 2 rings (SSSR count). The average Bonchev–Trinajstić information content (AvgIpc) is 2.26. The van der Waals surface area contributed by atoms with Crippen LogP contribution in [0.15, 0.2) is 29.8 Å². The fourth-order valence-corrected chi connectivity index (χ4v) is 2.40. The lowest BCUT2D eigenvalue weighted by Gasteiger charge is -2.37. The van der Waals surface area contributed by atoms with Crippen molar-refractivity contribution in [2.24, 2.45) is 5.92 Å². The van der Waals surface area contributed by atoms with E-state index in [1.54, 1.807) is 0 Å². The van der Waals surface area contributed by atoms with E-state index in [0.29, 0.717) is 0 Å². The number of Topliss-reactive ketones (excluding diaryl/α,β-unsaturated/α-hetero) is 1. The predicted octanol–water partition coefficient (Wildman–Crippen LogP) is 2.52. The van der Waals surface area contributed by atoms with Crippen LogP contribution in [-0.2, 0) is 10.4 Å². The standard InChI is InChI=1S/C14H16O2/c1-9-8-12-6-4-5-7-13(12)14(16,10(9)2)11(3)15/h4-8,10,16H,1-3H3. The van der Waals surface area contributed by atoms with Crippen molar-refractivity contribution in [2.45, 2.75) is 26.4 Å². The van der Waals surface area contributed by atoms with E-state index in [1.807, 2.05) is 44.2 Å². The van der Waals surface area contributed by atoms with Gasteiger partial charge in [-0.3, -0.25) is 4.79 Å². The molecule has 0 amide bonds. The van der Waals surface area contributed by atoms with Crippen LogP contribution in [0.5, 0.6) is 0 Å². The van der Waals surface area contributed by atoms with Crippen LogP contribution in [0, 0.1) is 5.92 Å². The summed E-state index contributed by atoms with van der Waals surface area (Å²) in [6.45, 7) is 5.30. The summed E-state index contributed by atoms with van der Waals surface area (Å²) in [5.41, 5.74) is 1.34. The molecule has 84 valence electrons. The van der Waals surface area contributed by atoms with Gasteiger partial charge in [0.25, 0.3) is 0 Å². The van der Waals surface area contributed by atoms with Gasteiger partial charge in [0, 0.05) is 5.92 Å². The zero-order valence-electron chi connectivity index (χ0n) is 9.82. The van der Waals surface area contributed by atoms with Gasteiger partial charge in [-0.05, 0) is 25.0 Å². The van der Waals surface area contributed by atoms with Gasteiger partial charge < -0.3 is 5.11 Å². The van der Waals surface area contributed by atoms with E-state index in [2.05, 4.69) is 0 Å². The largest absolute Gasteiger partial charge is 0.377 e. The van der Waals surface area contributed by atoms with E-state index in [4.69, 9.17) is 0 Å². The van der Waals surface area contributed by atoms with Crippen LogP contribution in [0.25, 0.3) is 6.08 Å². The van der Waals surface area contributed by atoms with Crippen molar-refractivity contribution < 1.29 is 9.90 Å². The Bertz CT molecular complexity index is 473. The average molecular weight is 216 g/mol. The van der Waals surface area contributed by atoms with Crippen molar-refractivity contribution in [3.63, 3.8) is 0 Å². The highest BCUT2D eigenvalue weighted by atomic mass is 16.3. The second-order valence-corrected chi connectivity index (χ2v) is 4.52. The Balaban J connectivity index is 2.72. The highest BCUT2D eigenvalue weighted by molar-refractivity contribution is 5.89. The highest BCUT2D eigenvalue weighted by Crippen LogP contribution is 2.41. The lowest BCUT2D eigenvalue weighted by Crippen LogP contribution is -2.43. The summed E-state index contributed by atoms with van der Waals surface area (Å²) in [7, 11) is 0. The molecule has 16 heavy (non-hydrogen) atoms. The number of rotatable bonds is 1. The zero-order valence-corrected chi connectivity index (χ0v) is 9.82. The van der Waals surface area contributed by atoms with Crippen molar-refractivity contribution in [3.05, 3.63) is 41.0 Å². The second-order valence-electron chi connectivity index (χ2n) is 4.52. The van der Waals surface area contributed by atoms with E-state index >= 15 is 0 Å². The SMILES string of the molecule is CC(=O)C1(O)c2ccccc2C=C(C)C1C. The molecule has 2 unspecified atom stereocenters. The quantitative estimate of drug-likeness (QED) is 0.783. The first-order valence-corrected chi connectivity index (χ1v) is 5.49. The van der Waals surface area contributed by atoms with Gasteiger partial charge in [-0.25, -0.2) is 0 Å². The summed E-state index contributed by atoms with van der Waals surface area (Å²) in [4.78, 5) is 11.8. The molecule has 0 aromatic heterocycles. The van der Waals surface area contributed by atoms with Crippen molar-refractivity contribution >= 4 is 11.9 Å². The molecule has 1 aromatic rings. The van der Waals surface area contributed by atoms with Crippen molar-refractivity contribution in [1.29, 1.82) is 0 Å². The van der Waals surface area contributed by atoms with Gasteiger partial charge in [-0.15, -0.1) is 0 Å². The Hall–Kier alpha value is -1.41. The van der Waals surface area contributed by atoms with Gasteiger partial charge in [0.05, 0.1) is 0 Å². The minimum atomic E-state index is -1.37. The molecule has 0 heterocycles.